The molecule has 0 saturated carbocycles. The van der Waals surface area contributed by atoms with E-state index in [0.29, 0.717) is 11.1 Å². The Morgan fingerprint density at radius 1 is 0.929 bits per heavy atom. The third kappa shape index (κ3) is 1.67. The first-order chi connectivity index (χ1) is 6.77. The van der Waals surface area contributed by atoms with Crippen LogP contribution in [0.25, 0.3) is 11.1 Å². The fourth-order valence-corrected chi connectivity index (χ4v) is 1.38. The summed E-state index contributed by atoms with van der Waals surface area (Å²) in [5.74, 6) is -0.281. The molecule has 2 aromatic carbocycles. The van der Waals surface area contributed by atoms with Gasteiger partial charge in [-0.2, -0.15) is 0 Å². The predicted octanol–water partition coefficient (Wildman–Crippen LogP) is 3.55. The van der Waals surface area contributed by atoms with E-state index in [-0.39, 0.29) is 5.82 Å². The summed E-state index contributed by atoms with van der Waals surface area (Å²) in [7, 11) is 0. The van der Waals surface area contributed by atoms with E-state index in [2.05, 4.69) is 0 Å². The average Bonchev–Trinajstić information content (AvgIpc) is 2.19. The van der Waals surface area contributed by atoms with Crippen molar-refractivity contribution in [3.63, 3.8) is 0 Å². The molecular formula is C13H9F. The van der Waals surface area contributed by atoms with Crippen molar-refractivity contribution in [1.29, 1.82) is 0 Å². The molecule has 14 heavy (non-hydrogen) atoms. The van der Waals surface area contributed by atoms with Crippen molar-refractivity contribution < 1.29 is 4.39 Å². The predicted molar refractivity (Wildman–Crippen MR) is 55.2 cm³/mol. The van der Waals surface area contributed by atoms with Gasteiger partial charge in [-0.15, -0.1) is 0 Å². The van der Waals surface area contributed by atoms with Gasteiger partial charge in [0.25, 0.3) is 0 Å². The summed E-state index contributed by atoms with van der Waals surface area (Å²) < 4.78 is 13.5. The standard InChI is InChI=1S/C13H9F/c1-10-7-8-12(13(14)9-10)11-5-3-2-4-6-11/h1-9H. The number of benzene rings is 2. The second-order valence-electron chi connectivity index (χ2n) is 3.11. The van der Waals surface area contributed by atoms with E-state index < -0.39 is 0 Å². The first kappa shape index (κ1) is 8.95. The molecule has 0 aliphatic heterocycles. The average molecular weight is 184 g/mol. The lowest BCUT2D eigenvalue weighted by molar-refractivity contribution is 0.630. The topological polar surface area (TPSA) is 0 Å². The summed E-state index contributed by atoms with van der Waals surface area (Å²) >= 11 is 0. The Morgan fingerprint density at radius 2 is 1.64 bits per heavy atom. The summed E-state index contributed by atoms with van der Waals surface area (Å²) in [4.78, 5) is 0. The lowest BCUT2D eigenvalue weighted by atomic mass is 10.0. The Hall–Kier alpha value is -1.63. The zero-order valence-electron chi connectivity index (χ0n) is 7.57. The summed E-state index contributed by atoms with van der Waals surface area (Å²) in [6.07, 6.45) is 0. The fraction of sp³-hybridized carbons (Fsp3) is 0. The maximum atomic E-state index is 13.5. The highest BCUT2D eigenvalue weighted by Crippen LogP contribution is 2.22. The molecule has 0 spiro atoms. The van der Waals surface area contributed by atoms with Crippen LogP contribution < -0.4 is 0 Å². The number of rotatable bonds is 1. The van der Waals surface area contributed by atoms with Crippen LogP contribution in [0.2, 0.25) is 0 Å². The van der Waals surface area contributed by atoms with Gasteiger partial charge in [-0.1, -0.05) is 42.5 Å². The van der Waals surface area contributed by atoms with Gasteiger partial charge in [0.2, 0.25) is 0 Å². The van der Waals surface area contributed by atoms with Gasteiger partial charge in [-0.05, 0) is 24.1 Å². The molecule has 68 valence electrons. The molecule has 0 bridgehead atoms. The smallest absolute Gasteiger partial charge is 0.131 e. The largest absolute Gasteiger partial charge is 0.206 e. The van der Waals surface area contributed by atoms with Crippen LogP contribution in [0.1, 0.15) is 5.56 Å². The third-order valence-electron chi connectivity index (χ3n) is 2.08. The second kappa shape index (κ2) is 3.62. The first-order valence-electron chi connectivity index (χ1n) is 4.38. The van der Waals surface area contributed by atoms with Crippen molar-refractivity contribution in [2.75, 3.05) is 0 Å². The molecule has 0 atom stereocenters. The zero-order chi connectivity index (χ0) is 9.97. The lowest BCUT2D eigenvalue weighted by Gasteiger charge is -2.03. The number of halogens is 1. The first-order valence-corrected chi connectivity index (χ1v) is 4.38. The Kier molecular flexibility index (Phi) is 2.32. The summed E-state index contributed by atoms with van der Waals surface area (Å²) in [6, 6.07) is 14.1. The van der Waals surface area contributed by atoms with E-state index >= 15 is 0 Å². The minimum atomic E-state index is -0.281. The normalized spacial score (nSPS) is 10.1. The molecule has 0 unspecified atom stereocenters. The maximum Gasteiger partial charge on any atom is 0.131 e. The molecule has 0 aliphatic rings. The van der Waals surface area contributed by atoms with Crippen LogP contribution in [0.3, 0.4) is 0 Å². The van der Waals surface area contributed by atoms with E-state index in [4.69, 9.17) is 6.92 Å². The molecule has 1 heteroatoms. The quantitative estimate of drug-likeness (QED) is 0.635. The van der Waals surface area contributed by atoms with E-state index in [1.165, 1.54) is 6.07 Å². The van der Waals surface area contributed by atoms with Crippen molar-refractivity contribution in [2.45, 2.75) is 0 Å². The van der Waals surface area contributed by atoms with Gasteiger partial charge in [-0.25, -0.2) is 4.39 Å². The number of hydrogen-bond donors (Lipinski definition) is 0. The van der Waals surface area contributed by atoms with Crippen LogP contribution in [0, 0.1) is 12.7 Å². The fourth-order valence-electron chi connectivity index (χ4n) is 1.38. The van der Waals surface area contributed by atoms with Crippen molar-refractivity contribution in [3.8, 4) is 11.1 Å². The van der Waals surface area contributed by atoms with Crippen LogP contribution in [0.4, 0.5) is 4.39 Å². The molecular weight excluding hydrogens is 175 g/mol. The molecule has 0 nitrogen and oxygen atoms in total. The second-order valence-corrected chi connectivity index (χ2v) is 3.11. The highest BCUT2D eigenvalue weighted by Gasteiger charge is 2.03. The monoisotopic (exact) mass is 184 g/mol. The van der Waals surface area contributed by atoms with E-state index in [1.807, 2.05) is 30.3 Å². The minimum absolute atomic E-state index is 0.281. The van der Waals surface area contributed by atoms with Crippen LogP contribution in [0.5, 0.6) is 0 Å². The summed E-state index contributed by atoms with van der Waals surface area (Å²) in [6.45, 7) is 5.47. The maximum absolute atomic E-state index is 13.5. The zero-order valence-corrected chi connectivity index (χ0v) is 7.57. The molecule has 0 fully saturated rings. The molecule has 0 aromatic heterocycles. The van der Waals surface area contributed by atoms with Gasteiger partial charge in [0, 0.05) is 5.56 Å². The molecule has 2 aromatic rings. The van der Waals surface area contributed by atoms with Crippen LogP contribution in [-0.2, 0) is 0 Å². The third-order valence-corrected chi connectivity index (χ3v) is 2.08. The van der Waals surface area contributed by atoms with Gasteiger partial charge >= 0.3 is 0 Å². The van der Waals surface area contributed by atoms with Crippen LogP contribution in [0.15, 0.2) is 48.5 Å². The van der Waals surface area contributed by atoms with E-state index in [1.54, 1.807) is 12.1 Å². The summed E-state index contributed by atoms with van der Waals surface area (Å²) in [5, 5.41) is 0. The van der Waals surface area contributed by atoms with Gasteiger partial charge in [0.05, 0.1) is 0 Å². The van der Waals surface area contributed by atoms with Gasteiger partial charge in [-0.3, -0.25) is 0 Å². The van der Waals surface area contributed by atoms with Crippen molar-refractivity contribution in [3.05, 3.63) is 66.8 Å². The highest BCUT2D eigenvalue weighted by molar-refractivity contribution is 5.64. The Balaban J connectivity index is 2.53. The molecule has 0 saturated heterocycles. The van der Waals surface area contributed by atoms with Gasteiger partial charge < -0.3 is 0 Å². The van der Waals surface area contributed by atoms with Crippen molar-refractivity contribution in [2.24, 2.45) is 0 Å². The van der Waals surface area contributed by atoms with Gasteiger partial charge in [0.15, 0.2) is 0 Å². The van der Waals surface area contributed by atoms with Crippen LogP contribution in [-0.4, -0.2) is 0 Å². The molecule has 0 amide bonds. The Labute approximate surface area is 83.0 Å². The molecule has 0 heterocycles. The molecule has 0 aliphatic carbocycles. The lowest BCUT2D eigenvalue weighted by Crippen LogP contribution is -1.84. The van der Waals surface area contributed by atoms with Crippen molar-refractivity contribution >= 4 is 0 Å². The van der Waals surface area contributed by atoms with E-state index in [0.717, 1.165) is 5.56 Å². The Bertz CT molecular complexity index is 432. The van der Waals surface area contributed by atoms with Crippen molar-refractivity contribution in [1.82, 2.24) is 0 Å². The SMILES string of the molecule is [CH]c1ccc(-c2ccccc2)c(F)c1. The van der Waals surface area contributed by atoms with Gasteiger partial charge in [0.1, 0.15) is 5.82 Å². The van der Waals surface area contributed by atoms with Crippen LogP contribution >= 0.6 is 0 Å². The minimum Gasteiger partial charge on any atom is -0.206 e. The highest BCUT2D eigenvalue weighted by atomic mass is 19.1. The number of hydrogen-bond acceptors (Lipinski definition) is 0. The molecule has 2 rings (SSSR count). The van der Waals surface area contributed by atoms with E-state index in [9.17, 15) is 4.39 Å². The molecule has 2 radical (unpaired) electrons. The molecule has 0 N–H and O–H groups in total. The Morgan fingerprint density at radius 3 is 2.29 bits per heavy atom. The summed E-state index contributed by atoms with van der Waals surface area (Å²) in [5.41, 5.74) is 1.90.